The number of halogens is 1. The number of para-hydroxylation sites is 1. The summed E-state index contributed by atoms with van der Waals surface area (Å²) < 4.78 is 39.3. The molecule has 2 aromatic carbocycles. The van der Waals surface area contributed by atoms with Gasteiger partial charge in [-0.05, 0) is 18.2 Å². The molecule has 0 aliphatic rings. The molecule has 0 aliphatic carbocycles. The number of carboxylic acids is 1. The molecular weight excluding hydrogens is 347 g/mol. The van der Waals surface area contributed by atoms with Crippen LogP contribution in [0.15, 0.2) is 48.5 Å². The fourth-order valence-corrected chi connectivity index (χ4v) is 3.13. The van der Waals surface area contributed by atoms with E-state index in [1.165, 1.54) is 24.3 Å². The first-order valence-corrected chi connectivity index (χ1v) is 9.05. The number of nitrogens with one attached hydrogen (secondary N) is 1. The van der Waals surface area contributed by atoms with Gasteiger partial charge in [0.2, 0.25) is 10.0 Å². The first-order valence-electron chi connectivity index (χ1n) is 7.16. The summed E-state index contributed by atoms with van der Waals surface area (Å²) in [5.74, 6) is -1.86. The maximum atomic E-state index is 13.6. The molecule has 128 valence electrons. The summed E-state index contributed by atoms with van der Waals surface area (Å²) >= 11 is 0. The summed E-state index contributed by atoms with van der Waals surface area (Å²) in [6.07, 6.45) is 0.906. The van der Waals surface area contributed by atoms with Crippen LogP contribution in [0.5, 0.6) is 0 Å². The van der Waals surface area contributed by atoms with Crippen molar-refractivity contribution in [1.82, 2.24) is 4.98 Å². The lowest BCUT2D eigenvalue weighted by Gasteiger charge is -2.15. The monoisotopic (exact) mass is 360 g/mol. The van der Waals surface area contributed by atoms with Crippen LogP contribution in [0.1, 0.15) is 10.4 Å². The van der Waals surface area contributed by atoms with Crippen LogP contribution in [0.4, 0.5) is 10.1 Å². The van der Waals surface area contributed by atoms with Crippen molar-refractivity contribution in [3.8, 4) is 11.3 Å². The summed E-state index contributed by atoms with van der Waals surface area (Å²) in [5.41, 5.74) is 0.230. The van der Waals surface area contributed by atoms with Crippen LogP contribution in [0.25, 0.3) is 22.2 Å². The van der Waals surface area contributed by atoms with Crippen molar-refractivity contribution in [3.63, 3.8) is 0 Å². The van der Waals surface area contributed by atoms with Gasteiger partial charge in [-0.15, -0.1) is 0 Å². The third-order valence-corrected chi connectivity index (χ3v) is 4.07. The number of anilines is 1. The zero-order valence-corrected chi connectivity index (χ0v) is 13.8. The van der Waals surface area contributed by atoms with E-state index in [0.717, 1.165) is 12.3 Å². The minimum absolute atomic E-state index is 0.0426. The molecule has 0 aliphatic heterocycles. The van der Waals surface area contributed by atoms with Crippen LogP contribution >= 0.6 is 0 Å². The van der Waals surface area contributed by atoms with Gasteiger partial charge >= 0.3 is 5.97 Å². The number of sulfonamides is 1. The summed E-state index contributed by atoms with van der Waals surface area (Å²) in [4.78, 5) is 16.2. The predicted octanol–water partition coefficient (Wildman–Crippen LogP) is 3.11. The lowest BCUT2D eigenvalue weighted by Crippen LogP contribution is -2.15. The molecule has 2 N–H and O–H groups in total. The normalized spacial score (nSPS) is 11.4. The second-order valence-corrected chi connectivity index (χ2v) is 7.17. The fourth-order valence-electron chi connectivity index (χ4n) is 2.56. The number of benzene rings is 2. The van der Waals surface area contributed by atoms with Gasteiger partial charge in [0, 0.05) is 10.9 Å². The second kappa shape index (κ2) is 6.14. The Hall–Kier alpha value is -3.00. The molecule has 6 nitrogen and oxygen atoms in total. The fraction of sp³-hybridized carbons (Fsp3) is 0.0588. The van der Waals surface area contributed by atoms with Gasteiger partial charge < -0.3 is 5.11 Å². The molecule has 0 spiro atoms. The zero-order valence-electron chi connectivity index (χ0n) is 13.0. The van der Waals surface area contributed by atoms with E-state index in [9.17, 15) is 22.7 Å². The molecule has 0 fully saturated rings. The second-order valence-electron chi connectivity index (χ2n) is 5.42. The number of carboxylic acid groups (broad SMARTS) is 1. The molecule has 3 aromatic rings. The van der Waals surface area contributed by atoms with Crippen LogP contribution in [0.2, 0.25) is 0 Å². The average Bonchev–Trinajstić information content (AvgIpc) is 2.52. The van der Waals surface area contributed by atoms with Gasteiger partial charge in [-0.1, -0.05) is 30.3 Å². The van der Waals surface area contributed by atoms with Gasteiger partial charge in [-0.3, -0.25) is 4.72 Å². The lowest BCUT2D eigenvalue weighted by molar-refractivity contribution is 0.0700. The van der Waals surface area contributed by atoms with Gasteiger partial charge in [0.05, 0.1) is 28.7 Å². The molecule has 1 aromatic heterocycles. The van der Waals surface area contributed by atoms with Crippen molar-refractivity contribution in [2.24, 2.45) is 0 Å². The number of aromatic carboxylic acids is 1. The Bertz CT molecular complexity index is 1100. The van der Waals surface area contributed by atoms with Crippen LogP contribution in [-0.4, -0.2) is 30.7 Å². The highest BCUT2D eigenvalue weighted by molar-refractivity contribution is 7.92. The van der Waals surface area contributed by atoms with E-state index in [0.29, 0.717) is 5.52 Å². The summed E-state index contributed by atoms with van der Waals surface area (Å²) in [7, 11) is -3.79. The topological polar surface area (TPSA) is 96.4 Å². The van der Waals surface area contributed by atoms with E-state index in [1.807, 2.05) is 0 Å². The van der Waals surface area contributed by atoms with E-state index in [-0.39, 0.29) is 27.9 Å². The van der Waals surface area contributed by atoms with E-state index < -0.39 is 21.8 Å². The third kappa shape index (κ3) is 3.43. The van der Waals surface area contributed by atoms with Crippen molar-refractivity contribution < 1.29 is 22.7 Å². The molecular formula is C17H13FN2O4S. The Morgan fingerprint density at radius 3 is 2.52 bits per heavy atom. The Morgan fingerprint density at radius 1 is 1.16 bits per heavy atom. The molecule has 0 radical (unpaired) electrons. The predicted molar refractivity (Wildman–Crippen MR) is 92.6 cm³/mol. The van der Waals surface area contributed by atoms with Gasteiger partial charge in [0.1, 0.15) is 5.82 Å². The highest BCUT2D eigenvalue weighted by atomic mass is 32.2. The minimum atomic E-state index is -3.79. The number of carbonyl (C=O) groups is 1. The smallest absolute Gasteiger partial charge is 0.338 e. The zero-order chi connectivity index (χ0) is 18.2. The largest absolute Gasteiger partial charge is 0.478 e. The van der Waals surface area contributed by atoms with Crippen molar-refractivity contribution in [2.45, 2.75) is 0 Å². The maximum Gasteiger partial charge on any atom is 0.338 e. The number of nitrogens with zero attached hydrogens (tertiary/aromatic N) is 1. The minimum Gasteiger partial charge on any atom is -0.478 e. The van der Waals surface area contributed by atoms with Gasteiger partial charge in [0.25, 0.3) is 0 Å². The van der Waals surface area contributed by atoms with Crippen molar-refractivity contribution >= 4 is 32.6 Å². The molecule has 25 heavy (non-hydrogen) atoms. The van der Waals surface area contributed by atoms with Gasteiger partial charge in [-0.25, -0.2) is 22.6 Å². The Labute approximate surface area is 143 Å². The van der Waals surface area contributed by atoms with Crippen LogP contribution in [-0.2, 0) is 10.0 Å². The summed E-state index contributed by atoms with van der Waals surface area (Å²) in [6, 6.07) is 11.8. The van der Waals surface area contributed by atoms with E-state index in [4.69, 9.17) is 0 Å². The van der Waals surface area contributed by atoms with Crippen LogP contribution in [0.3, 0.4) is 0 Å². The molecule has 0 amide bonds. The number of fused-ring (bicyclic) bond motifs is 1. The highest BCUT2D eigenvalue weighted by Gasteiger charge is 2.23. The maximum absolute atomic E-state index is 13.6. The molecule has 3 rings (SSSR count). The molecule has 0 bridgehead atoms. The molecule has 0 unspecified atom stereocenters. The van der Waals surface area contributed by atoms with E-state index in [2.05, 4.69) is 9.71 Å². The van der Waals surface area contributed by atoms with Gasteiger partial charge in [-0.2, -0.15) is 0 Å². The van der Waals surface area contributed by atoms with E-state index in [1.54, 1.807) is 18.2 Å². The number of rotatable bonds is 4. The average molecular weight is 360 g/mol. The van der Waals surface area contributed by atoms with Crippen LogP contribution in [0, 0.1) is 5.82 Å². The SMILES string of the molecule is CS(=O)(=O)Nc1c(-c2cccc(F)c2)nc2ccccc2c1C(=O)O. The van der Waals surface area contributed by atoms with Crippen LogP contribution < -0.4 is 4.72 Å². The Balaban J connectivity index is 2.45. The quantitative estimate of drug-likeness (QED) is 0.745. The molecule has 1 heterocycles. The summed E-state index contributed by atoms with van der Waals surface area (Å²) in [6.45, 7) is 0. The molecule has 0 saturated carbocycles. The van der Waals surface area contributed by atoms with Gasteiger partial charge in [0.15, 0.2) is 0 Å². The number of hydrogen-bond acceptors (Lipinski definition) is 4. The first kappa shape index (κ1) is 16.8. The number of hydrogen-bond donors (Lipinski definition) is 2. The van der Waals surface area contributed by atoms with Crippen molar-refractivity contribution in [1.29, 1.82) is 0 Å². The highest BCUT2D eigenvalue weighted by Crippen LogP contribution is 2.35. The van der Waals surface area contributed by atoms with Crippen molar-refractivity contribution in [3.05, 3.63) is 59.9 Å². The van der Waals surface area contributed by atoms with Crippen molar-refractivity contribution in [2.75, 3.05) is 11.0 Å². The Kier molecular flexibility index (Phi) is 4.13. The molecule has 8 heteroatoms. The lowest BCUT2D eigenvalue weighted by atomic mass is 10.0. The molecule has 0 saturated heterocycles. The summed E-state index contributed by atoms with van der Waals surface area (Å²) in [5, 5.41) is 9.93. The number of aromatic nitrogens is 1. The third-order valence-electron chi connectivity index (χ3n) is 3.49. The molecule has 0 atom stereocenters. The first-order chi connectivity index (χ1) is 11.8. The number of pyridine rings is 1. The Morgan fingerprint density at radius 2 is 1.88 bits per heavy atom. The van der Waals surface area contributed by atoms with E-state index >= 15 is 0 Å². The standard InChI is InChI=1S/C17H13FN2O4S/c1-25(23,24)20-16-14(17(21)22)12-7-2-3-8-13(12)19-15(16)10-5-4-6-11(18)9-10/h2-9,20H,1H3,(H,21,22).